The maximum atomic E-state index is 11.8. The minimum atomic E-state index is -0.559. The Morgan fingerprint density at radius 2 is 2.14 bits per heavy atom. The van der Waals surface area contributed by atoms with E-state index in [9.17, 15) is 9.59 Å². The predicted molar refractivity (Wildman–Crippen MR) is 84.5 cm³/mol. The molecule has 2 amide bonds. The van der Waals surface area contributed by atoms with Gasteiger partial charge in [-0.1, -0.05) is 13.8 Å². The predicted octanol–water partition coefficient (Wildman–Crippen LogP) is 1.55. The van der Waals surface area contributed by atoms with E-state index >= 15 is 0 Å². The summed E-state index contributed by atoms with van der Waals surface area (Å²) in [6.45, 7) is 4.50. The summed E-state index contributed by atoms with van der Waals surface area (Å²) in [5.74, 6) is 0.376. The van der Waals surface area contributed by atoms with Gasteiger partial charge in [-0.15, -0.1) is 12.4 Å². The van der Waals surface area contributed by atoms with Crippen LogP contribution < -0.4 is 16.0 Å². The SMILES string of the molecule is CC(C)[C@H](N)C(=O)Nc1ccc(N2CCCC2=O)cn1.Cl. The molecule has 0 unspecified atom stereocenters. The number of pyridine rings is 1. The van der Waals surface area contributed by atoms with Gasteiger partial charge >= 0.3 is 0 Å². The lowest BCUT2D eigenvalue weighted by Gasteiger charge is -2.17. The molecule has 1 fully saturated rings. The lowest BCUT2D eigenvalue weighted by atomic mass is 10.1. The van der Waals surface area contributed by atoms with Crippen molar-refractivity contribution in [2.24, 2.45) is 11.7 Å². The molecule has 2 rings (SSSR count). The molecular formula is C14H21ClN4O2. The molecule has 1 aliphatic rings. The van der Waals surface area contributed by atoms with Crippen molar-refractivity contribution < 1.29 is 9.59 Å². The van der Waals surface area contributed by atoms with Crippen molar-refractivity contribution in [3.8, 4) is 0 Å². The number of anilines is 2. The molecule has 0 radical (unpaired) electrons. The third kappa shape index (κ3) is 4.15. The molecule has 116 valence electrons. The highest BCUT2D eigenvalue weighted by molar-refractivity contribution is 5.96. The fourth-order valence-corrected chi connectivity index (χ4v) is 2.05. The standard InChI is InChI=1S/C14H20N4O2.ClH/c1-9(2)13(15)14(20)17-11-6-5-10(8-16-11)18-7-3-4-12(18)19;/h5-6,8-9,13H,3-4,7,15H2,1-2H3,(H,16,17,20);1H/t13-;/m0./s1. The summed E-state index contributed by atoms with van der Waals surface area (Å²) in [5, 5.41) is 2.67. The van der Waals surface area contributed by atoms with Crippen molar-refractivity contribution in [1.82, 2.24) is 4.98 Å². The fraction of sp³-hybridized carbons (Fsp3) is 0.500. The van der Waals surface area contributed by atoms with Crippen LogP contribution in [-0.2, 0) is 9.59 Å². The molecule has 21 heavy (non-hydrogen) atoms. The van der Waals surface area contributed by atoms with Gasteiger partial charge in [0.2, 0.25) is 11.8 Å². The van der Waals surface area contributed by atoms with E-state index < -0.39 is 6.04 Å². The Morgan fingerprint density at radius 1 is 1.43 bits per heavy atom. The molecule has 0 saturated carbocycles. The first-order valence-electron chi connectivity index (χ1n) is 6.82. The first-order chi connectivity index (χ1) is 9.49. The zero-order valence-electron chi connectivity index (χ0n) is 12.2. The molecule has 1 aromatic heterocycles. The molecule has 0 aromatic carbocycles. The summed E-state index contributed by atoms with van der Waals surface area (Å²) < 4.78 is 0. The van der Waals surface area contributed by atoms with Crippen molar-refractivity contribution in [2.75, 3.05) is 16.8 Å². The third-order valence-electron chi connectivity index (χ3n) is 3.41. The second kappa shape index (κ2) is 7.38. The summed E-state index contributed by atoms with van der Waals surface area (Å²) in [4.78, 5) is 29.3. The molecule has 3 N–H and O–H groups in total. The summed E-state index contributed by atoms with van der Waals surface area (Å²) in [6, 6.07) is 2.91. The summed E-state index contributed by atoms with van der Waals surface area (Å²) >= 11 is 0. The lowest BCUT2D eigenvalue weighted by Crippen LogP contribution is -2.39. The van der Waals surface area contributed by atoms with Gasteiger partial charge in [-0.3, -0.25) is 9.59 Å². The molecule has 1 saturated heterocycles. The van der Waals surface area contributed by atoms with Gasteiger partial charge in [0.15, 0.2) is 0 Å². The molecular weight excluding hydrogens is 292 g/mol. The lowest BCUT2D eigenvalue weighted by molar-refractivity contribution is -0.118. The maximum Gasteiger partial charge on any atom is 0.242 e. The van der Waals surface area contributed by atoms with Gasteiger partial charge in [-0.25, -0.2) is 4.98 Å². The first-order valence-corrected chi connectivity index (χ1v) is 6.82. The smallest absolute Gasteiger partial charge is 0.242 e. The number of nitrogens with two attached hydrogens (primary N) is 1. The van der Waals surface area contributed by atoms with Crippen LogP contribution in [0.4, 0.5) is 11.5 Å². The fourth-order valence-electron chi connectivity index (χ4n) is 2.05. The Morgan fingerprint density at radius 3 is 2.62 bits per heavy atom. The first kappa shape index (κ1) is 17.4. The number of carbonyl (C=O) groups excluding carboxylic acids is 2. The number of hydrogen-bond acceptors (Lipinski definition) is 4. The van der Waals surface area contributed by atoms with Gasteiger partial charge in [0.1, 0.15) is 5.82 Å². The number of rotatable bonds is 4. The van der Waals surface area contributed by atoms with Crippen LogP contribution >= 0.6 is 12.4 Å². The van der Waals surface area contributed by atoms with Gasteiger partial charge in [0.25, 0.3) is 0 Å². The van der Waals surface area contributed by atoms with E-state index in [4.69, 9.17) is 5.73 Å². The van der Waals surface area contributed by atoms with Crippen LogP contribution in [0.5, 0.6) is 0 Å². The highest BCUT2D eigenvalue weighted by Gasteiger charge is 2.22. The van der Waals surface area contributed by atoms with E-state index in [0.29, 0.717) is 12.2 Å². The molecule has 1 atom stereocenters. The van der Waals surface area contributed by atoms with Crippen LogP contribution in [-0.4, -0.2) is 29.4 Å². The van der Waals surface area contributed by atoms with Crippen LogP contribution in [0.1, 0.15) is 26.7 Å². The number of amides is 2. The molecule has 0 aliphatic carbocycles. The quantitative estimate of drug-likeness (QED) is 0.883. The van der Waals surface area contributed by atoms with E-state index in [1.165, 1.54) is 0 Å². The summed E-state index contributed by atoms with van der Waals surface area (Å²) in [6.07, 6.45) is 3.06. The minimum absolute atomic E-state index is 0. The second-order valence-corrected chi connectivity index (χ2v) is 5.31. The Labute approximate surface area is 130 Å². The van der Waals surface area contributed by atoms with E-state index in [1.54, 1.807) is 23.2 Å². The van der Waals surface area contributed by atoms with Crippen molar-refractivity contribution in [3.63, 3.8) is 0 Å². The van der Waals surface area contributed by atoms with Gasteiger partial charge in [-0.05, 0) is 24.5 Å². The Hall–Kier alpha value is -1.66. The second-order valence-electron chi connectivity index (χ2n) is 5.31. The normalized spacial score (nSPS) is 15.8. The molecule has 1 aliphatic heterocycles. The van der Waals surface area contributed by atoms with E-state index in [0.717, 1.165) is 18.7 Å². The molecule has 0 spiro atoms. The number of nitrogens with zero attached hydrogens (tertiary/aromatic N) is 2. The van der Waals surface area contributed by atoms with Gasteiger partial charge in [0.05, 0.1) is 17.9 Å². The highest BCUT2D eigenvalue weighted by Crippen LogP contribution is 2.21. The van der Waals surface area contributed by atoms with Gasteiger partial charge in [-0.2, -0.15) is 0 Å². The van der Waals surface area contributed by atoms with Crippen LogP contribution in [0.25, 0.3) is 0 Å². The Bertz CT molecular complexity index is 504. The third-order valence-corrected chi connectivity index (χ3v) is 3.41. The number of hydrogen-bond donors (Lipinski definition) is 2. The Kier molecular flexibility index (Phi) is 6.11. The van der Waals surface area contributed by atoms with E-state index in [-0.39, 0.29) is 30.1 Å². The molecule has 1 aromatic rings. The largest absolute Gasteiger partial charge is 0.320 e. The van der Waals surface area contributed by atoms with Crippen molar-refractivity contribution in [3.05, 3.63) is 18.3 Å². The zero-order valence-corrected chi connectivity index (χ0v) is 13.0. The van der Waals surface area contributed by atoms with Crippen LogP contribution in [0.15, 0.2) is 18.3 Å². The van der Waals surface area contributed by atoms with Crippen molar-refractivity contribution in [1.29, 1.82) is 0 Å². The summed E-state index contributed by atoms with van der Waals surface area (Å²) in [7, 11) is 0. The van der Waals surface area contributed by atoms with E-state index in [2.05, 4.69) is 10.3 Å². The average molecular weight is 313 g/mol. The van der Waals surface area contributed by atoms with Crippen LogP contribution in [0.3, 0.4) is 0 Å². The molecule has 2 heterocycles. The zero-order chi connectivity index (χ0) is 14.7. The van der Waals surface area contributed by atoms with Gasteiger partial charge in [0, 0.05) is 13.0 Å². The monoisotopic (exact) mass is 312 g/mol. The number of halogens is 1. The molecule has 7 heteroatoms. The van der Waals surface area contributed by atoms with Crippen molar-refractivity contribution in [2.45, 2.75) is 32.7 Å². The van der Waals surface area contributed by atoms with E-state index in [1.807, 2.05) is 13.8 Å². The number of carbonyl (C=O) groups is 2. The highest BCUT2D eigenvalue weighted by atomic mass is 35.5. The summed E-state index contributed by atoms with van der Waals surface area (Å²) in [5.41, 5.74) is 6.53. The minimum Gasteiger partial charge on any atom is -0.320 e. The molecule has 6 nitrogen and oxygen atoms in total. The Balaban J connectivity index is 0.00000220. The van der Waals surface area contributed by atoms with Crippen molar-refractivity contribution >= 4 is 35.7 Å². The van der Waals surface area contributed by atoms with Crippen LogP contribution in [0, 0.1) is 5.92 Å². The van der Waals surface area contributed by atoms with Crippen LogP contribution in [0.2, 0.25) is 0 Å². The number of aromatic nitrogens is 1. The molecule has 0 bridgehead atoms. The topological polar surface area (TPSA) is 88.3 Å². The average Bonchev–Trinajstić information content (AvgIpc) is 2.85. The van der Waals surface area contributed by atoms with Gasteiger partial charge < -0.3 is 16.0 Å². The number of nitrogens with one attached hydrogen (secondary N) is 1. The maximum absolute atomic E-state index is 11.8.